The van der Waals surface area contributed by atoms with Gasteiger partial charge in [0.25, 0.3) is 5.91 Å². The maximum Gasteiger partial charge on any atom is 0.255 e. The third kappa shape index (κ3) is 3.11. The second-order valence-electron chi connectivity index (χ2n) is 11.2. The molecule has 36 heavy (non-hydrogen) atoms. The summed E-state index contributed by atoms with van der Waals surface area (Å²) in [7, 11) is 2.99. The van der Waals surface area contributed by atoms with Crippen LogP contribution in [0.3, 0.4) is 0 Å². The summed E-state index contributed by atoms with van der Waals surface area (Å²) in [6.07, 6.45) is -1.61. The minimum atomic E-state index is -2.92. The van der Waals surface area contributed by atoms with Crippen molar-refractivity contribution in [2.75, 3.05) is 14.1 Å². The van der Waals surface area contributed by atoms with Crippen molar-refractivity contribution in [3.05, 3.63) is 51.5 Å². The van der Waals surface area contributed by atoms with Gasteiger partial charge in [-0.15, -0.1) is 0 Å². The van der Waals surface area contributed by atoms with Gasteiger partial charge in [0.05, 0.1) is 23.6 Å². The lowest BCUT2D eigenvalue weighted by atomic mass is 9.55. The molecule has 0 heterocycles. The molecule has 0 unspecified atom stereocenters. The van der Waals surface area contributed by atoms with Crippen molar-refractivity contribution in [2.24, 2.45) is 17.6 Å². The molecule has 0 saturated carbocycles. The fourth-order valence-corrected chi connectivity index (χ4v) is 6.23. The molecule has 0 aliphatic heterocycles. The summed E-state index contributed by atoms with van der Waals surface area (Å²) in [6, 6.07) is 2.12. The molecule has 4 rings (SSSR count). The Hall–Kier alpha value is -3.21. The van der Waals surface area contributed by atoms with E-state index in [0.29, 0.717) is 11.1 Å². The minimum Gasteiger partial charge on any atom is -0.510 e. The van der Waals surface area contributed by atoms with Gasteiger partial charge in [-0.1, -0.05) is 39.8 Å². The van der Waals surface area contributed by atoms with Crippen LogP contribution in [0.25, 0.3) is 0 Å². The molecule has 1 amide bonds. The molecule has 1 aromatic carbocycles. The molecule has 0 fully saturated rings. The molecule has 7 N–H and O–H groups in total. The monoisotopic (exact) mass is 500 g/mol. The number of Topliss-reactive ketones (excluding diaryl/α,β-unsaturated/α-hetero) is 2. The Balaban J connectivity index is 2.05. The van der Waals surface area contributed by atoms with Gasteiger partial charge in [-0.2, -0.15) is 0 Å². The maximum absolute atomic E-state index is 13.8. The van der Waals surface area contributed by atoms with Gasteiger partial charge in [0.2, 0.25) is 5.78 Å². The Labute approximate surface area is 208 Å². The number of fused-ring (bicyclic) bond motifs is 3. The number of carbonyl (C=O) groups excluding carboxylic acids is 3. The molecular weight excluding hydrogens is 468 g/mol. The van der Waals surface area contributed by atoms with Crippen molar-refractivity contribution >= 4 is 17.5 Å². The SMILES string of the molecule is C[C@@H]1c2ccc(C(C)(C)C)c(O)c2C(=O)C2=C(O)[C@@]3(O)C(=O)C(C(N)=O)=C(O)[C@H](N(C)C)[C@H]3[C@@H](O)[C@H]21. The highest BCUT2D eigenvalue weighted by molar-refractivity contribution is 6.25. The van der Waals surface area contributed by atoms with E-state index in [-0.39, 0.29) is 11.3 Å². The number of ketones is 2. The van der Waals surface area contributed by atoms with E-state index in [1.165, 1.54) is 19.0 Å². The van der Waals surface area contributed by atoms with E-state index < -0.39 is 81.1 Å². The average Bonchev–Trinajstić information content (AvgIpc) is 2.75. The van der Waals surface area contributed by atoms with Gasteiger partial charge in [-0.3, -0.25) is 19.3 Å². The summed E-state index contributed by atoms with van der Waals surface area (Å²) in [5, 5.41) is 56.6. The van der Waals surface area contributed by atoms with E-state index in [1.807, 2.05) is 20.8 Å². The molecule has 10 nitrogen and oxygen atoms in total. The van der Waals surface area contributed by atoms with E-state index in [2.05, 4.69) is 0 Å². The summed E-state index contributed by atoms with van der Waals surface area (Å²) in [5.74, 6) is -8.84. The zero-order valence-electron chi connectivity index (χ0n) is 21.0. The van der Waals surface area contributed by atoms with Crippen LogP contribution in [0.2, 0.25) is 0 Å². The summed E-state index contributed by atoms with van der Waals surface area (Å²) in [5.41, 5.74) is 1.40. The number of hydrogen-bond acceptors (Lipinski definition) is 9. The normalized spacial score (nSPS) is 32.4. The van der Waals surface area contributed by atoms with Gasteiger partial charge in [-0.05, 0) is 31.0 Å². The van der Waals surface area contributed by atoms with E-state index in [0.717, 1.165) is 0 Å². The number of likely N-dealkylation sites (N-methyl/N-ethyl adjacent to an activating group) is 1. The van der Waals surface area contributed by atoms with E-state index in [1.54, 1.807) is 19.1 Å². The fourth-order valence-electron chi connectivity index (χ4n) is 6.23. The van der Waals surface area contributed by atoms with Gasteiger partial charge in [0.1, 0.15) is 22.8 Å². The number of carbonyl (C=O) groups is 3. The van der Waals surface area contributed by atoms with Gasteiger partial charge in [0, 0.05) is 17.1 Å². The van der Waals surface area contributed by atoms with E-state index in [4.69, 9.17) is 5.73 Å². The first kappa shape index (κ1) is 25.9. The number of phenols is 1. The average molecular weight is 501 g/mol. The molecule has 6 atom stereocenters. The van der Waals surface area contributed by atoms with Crippen LogP contribution in [0.5, 0.6) is 5.75 Å². The molecular formula is C26H32N2O8. The molecule has 3 aliphatic carbocycles. The number of rotatable bonds is 2. The number of aliphatic hydroxyl groups is 4. The Morgan fingerprint density at radius 3 is 2.19 bits per heavy atom. The predicted molar refractivity (Wildman–Crippen MR) is 128 cm³/mol. The number of aliphatic hydroxyl groups excluding tert-OH is 3. The van der Waals surface area contributed by atoms with E-state index in [9.17, 15) is 39.9 Å². The maximum atomic E-state index is 13.8. The van der Waals surface area contributed by atoms with Crippen molar-refractivity contribution < 1.29 is 39.9 Å². The van der Waals surface area contributed by atoms with Crippen molar-refractivity contribution in [2.45, 2.75) is 56.8 Å². The molecule has 3 aliphatic rings. The van der Waals surface area contributed by atoms with Crippen molar-refractivity contribution in [3.63, 3.8) is 0 Å². The smallest absolute Gasteiger partial charge is 0.255 e. The van der Waals surface area contributed by atoms with Crippen LogP contribution in [0.15, 0.2) is 34.8 Å². The van der Waals surface area contributed by atoms with Crippen LogP contribution < -0.4 is 5.73 Å². The number of aromatic hydroxyl groups is 1. The highest BCUT2D eigenvalue weighted by atomic mass is 16.4. The zero-order valence-corrected chi connectivity index (χ0v) is 21.0. The third-order valence-electron chi connectivity index (χ3n) is 7.94. The Kier molecular flexibility index (Phi) is 5.67. The number of primary amides is 1. The molecule has 1 aromatic rings. The van der Waals surface area contributed by atoms with Crippen molar-refractivity contribution in [3.8, 4) is 5.75 Å². The Bertz CT molecular complexity index is 1270. The quantitative estimate of drug-likeness (QED) is 0.322. The standard InChI is InChI=1S/C26H32N2O8/c1-9-10-7-8-11(25(2,3)4)18(29)13(10)19(30)14-12(9)20(31)16-17(28(5)6)21(32)15(24(27)35)23(34)26(16,36)22(14)33/h7-9,12,16-17,20,29,31-33,36H,1-6H3,(H2,27,35)/t9-,12+,16+,17-,20+,26-/m1/s1. The zero-order chi connectivity index (χ0) is 27.2. The molecule has 0 saturated heterocycles. The first-order chi connectivity index (χ1) is 16.5. The predicted octanol–water partition coefficient (Wildman–Crippen LogP) is 0.950. The first-order valence-electron chi connectivity index (χ1n) is 11.7. The van der Waals surface area contributed by atoms with Crippen LogP contribution in [0.4, 0.5) is 0 Å². The Morgan fingerprint density at radius 1 is 1.11 bits per heavy atom. The summed E-state index contributed by atoms with van der Waals surface area (Å²) in [6.45, 7) is 7.27. The molecule has 10 heteroatoms. The lowest BCUT2D eigenvalue weighted by molar-refractivity contribution is -0.162. The summed E-state index contributed by atoms with van der Waals surface area (Å²) < 4.78 is 0. The number of amides is 1. The van der Waals surface area contributed by atoms with Crippen LogP contribution in [0, 0.1) is 11.8 Å². The molecule has 0 bridgehead atoms. The van der Waals surface area contributed by atoms with Gasteiger partial charge >= 0.3 is 0 Å². The second-order valence-corrected chi connectivity index (χ2v) is 11.2. The lowest BCUT2D eigenvalue weighted by Gasteiger charge is -2.53. The topological polar surface area (TPSA) is 182 Å². The number of phenolic OH excluding ortho intramolecular Hbond substituents is 1. The minimum absolute atomic E-state index is 0.0806. The van der Waals surface area contributed by atoms with Crippen molar-refractivity contribution in [1.29, 1.82) is 0 Å². The van der Waals surface area contributed by atoms with Gasteiger partial charge in [0.15, 0.2) is 11.4 Å². The molecule has 0 radical (unpaired) electrons. The largest absolute Gasteiger partial charge is 0.510 e. The van der Waals surface area contributed by atoms with E-state index >= 15 is 0 Å². The number of hydrogen-bond donors (Lipinski definition) is 6. The van der Waals surface area contributed by atoms with Crippen LogP contribution >= 0.6 is 0 Å². The molecule has 0 spiro atoms. The number of nitrogens with zero attached hydrogens (tertiary/aromatic N) is 1. The molecule has 0 aromatic heterocycles. The number of benzene rings is 1. The van der Waals surface area contributed by atoms with Crippen LogP contribution in [-0.4, -0.2) is 79.7 Å². The van der Waals surface area contributed by atoms with Crippen LogP contribution in [-0.2, 0) is 15.0 Å². The van der Waals surface area contributed by atoms with Crippen LogP contribution in [0.1, 0.15) is 55.1 Å². The fraction of sp³-hybridized carbons (Fsp3) is 0.500. The van der Waals surface area contributed by atoms with Gasteiger partial charge < -0.3 is 31.3 Å². The summed E-state index contributed by atoms with van der Waals surface area (Å²) in [4.78, 5) is 40.6. The highest BCUT2D eigenvalue weighted by Gasteiger charge is 2.67. The van der Waals surface area contributed by atoms with Crippen molar-refractivity contribution in [1.82, 2.24) is 4.90 Å². The number of nitrogens with two attached hydrogens (primary N) is 1. The summed E-state index contributed by atoms with van der Waals surface area (Å²) >= 11 is 0. The Morgan fingerprint density at radius 2 is 1.69 bits per heavy atom. The lowest BCUT2D eigenvalue weighted by Crippen LogP contribution is -2.68. The third-order valence-corrected chi connectivity index (χ3v) is 7.94. The highest BCUT2D eigenvalue weighted by Crippen LogP contribution is 2.56. The molecule has 194 valence electrons. The second kappa shape index (κ2) is 7.89. The first-order valence-corrected chi connectivity index (χ1v) is 11.7. The van der Waals surface area contributed by atoms with Gasteiger partial charge in [-0.25, -0.2) is 0 Å².